The Morgan fingerprint density at radius 2 is 1.96 bits per heavy atom. The molecule has 3 rings (SSSR count). The van der Waals surface area contributed by atoms with Gasteiger partial charge in [-0.15, -0.1) is 11.3 Å². The number of rotatable bonds is 5. The zero-order chi connectivity index (χ0) is 18.7. The first-order chi connectivity index (χ1) is 12.4. The van der Waals surface area contributed by atoms with Crippen molar-refractivity contribution >= 4 is 46.1 Å². The topological polar surface area (TPSA) is 38.3 Å². The fraction of sp³-hybridized carbons (Fsp3) is 0.150. The third-order valence-corrected chi connectivity index (χ3v) is 5.60. The van der Waals surface area contributed by atoms with Crippen molar-refractivity contribution < 1.29 is 9.53 Å². The van der Waals surface area contributed by atoms with Crippen molar-refractivity contribution in [2.45, 2.75) is 20.5 Å². The summed E-state index contributed by atoms with van der Waals surface area (Å²) in [6.07, 6.45) is 0. The minimum Gasteiger partial charge on any atom is -0.489 e. The van der Waals surface area contributed by atoms with E-state index in [4.69, 9.17) is 27.9 Å². The van der Waals surface area contributed by atoms with Gasteiger partial charge in [-0.05, 0) is 49.1 Å². The van der Waals surface area contributed by atoms with Crippen molar-refractivity contribution in [1.82, 2.24) is 0 Å². The summed E-state index contributed by atoms with van der Waals surface area (Å²) in [5, 5.41) is 5.43. The number of hydrogen-bond acceptors (Lipinski definition) is 3. The van der Waals surface area contributed by atoms with Gasteiger partial charge in [0.15, 0.2) is 0 Å². The van der Waals surface area contributed by atoms with Crippen LogP contribution in [0.4, 0.5) is 5.69 Å². The van der Waals surface area contributed by atoms with Crippen LogP contribution in [0.5, 0.6) is 5.75 Å². The lowest BCUT2D eigenvalue weighted by molar-refractivity contribution is 0.103. The highest BCUT2D eigenvalue weighted by molar-refractivity contribution is 7.12. The molecule has 0 aliphatic carbocycles. The summed E-state index contributed by atoms with van der Waals surface area (Å²) >= 11 is 13.4. The van der Waals surface area contributed by atoms with Crippen LogP contribution >= 0.6 is 34.5 Å². The number of carbonyl (C=O) groups excluding carboxylic acids is 1. The van der Waals surface area contributed by atoms with Gasteiger partial charge in [0.25, 0.3) is 5.91 Å². The van der Waals surface area contributed by atoms with E-state index in [0.29, 0.717) is 27.2 Å². The Hall–Kier alpha value is -2.01. The predicted molar refractivity (Wildman–Crippen MR) is 109 cm³/mol. The third-order valence-electron chi connectivity index (χ3n) is 3.80. The summed E-state index contributed by atoms with van der Waals surface area (Å²) in [4.78, 5) is 13.0. The standard InChI is InChI=1S/C20H17Cl2NO2S/c1-12-6-7-17(13(2)8-12)25-10-14-9-18(26-11-14)20(24)23-16-5-3-4-15(21)19(16)22/h3-9,11H,10H2,1-2H3,(H,23,24). The lowest BCUT2D eigenvalue weighted by atomic mass is 10.1. The van der Waals surface area contributed by atoms with Gasteiger partial charge in [0.1, 0.15) is 12.4 Å². The van der Waals surface area contributed by atoms with E-state index < -0.39 is 0 Å². The van der Waals surface area contributed by atoms with Crippen LogP contribution in [0.25, 0.3) is 0 Å². The summed E-state index contributed by atoms with van der Waals surface area (Å²) in [6, 6.07) is 13.0. The maximum Gasteiger partial charge on any atom is 0.265 e. The minimum atomic E-state index is -0.225. The maximum atomic E-state index is 12.4. The Morgan fingerprint density at radius 3 is 2.73 bits per heavy atom. The van der Waals surface area contributed by atoms with Gasteiger partial charge < -0.3 is 10.1 Å². The number of amides is 1. The first kappa shape index (κ1) is 18.8. The summed E-state index contributed by atoms with van der Waals surface area (Å²) in [6.45, 7) is 4.47. The van der Waals surface area contributed by atoms with E-state index in [1.54, 1.807) is 18.2 Å². The molecule has 1 heterocycles. The molecule has 0 spiro atoms. The molecular formula is C20H17Cl2NO2S. The fourth-order valence-corrected chi connectivity index (χ4v) is 3.62. The number of halogens is 2. The van der Waals surface area contributed by atoms with E-state index in [9.17, 15) is 4.79 Å². The number of benzene rings is 2. The van der Waals surface area contributed by atoms with Crippen molar-refractivity contribution in [1.29, 1.82) is 0 Å². The normalized spacial score (nSPS) is 10.6. The third kappa shape index (κ3) is 4.39. The second kappa shape index (κ2) is 8.12. The number of ether oxygens (including phenoxy) is 1. The molecule has 1 aromatic heterocycles. The Morgan fingerprint density at radius 1 is 1.15 bits per heavy atom. The Labute approximate surface area is 166 Å². The van der Waals surface area contributed by atoms with Gasteiger partial charge in [0, 0.05) is 5.56 Å². The Kier molecular flexibility index (Phi) is 5.87. The smallest absolute Gasteiger partial charge is 0.265 e. The average molecular weight is 406 g/mol. The summed E-state index contributed by atoms with van der Waals surface area (Å²) in [5.74, 6) is 0.621. The molecule has 3 nitrogen and oxygen atoms in total. The van der Waals surface area contributed by atoms with Crippen LogP contribution in [0, 0.1) is 13.8 Å². The van der Waals surface area contributed by atoms with E-state index in [1.807, 2.05) is 37.4 Å². The molecule has 0 saturated heterocycles. The number of thiophene rings is 1. The Balaban J connectivity index is 1.65. The molecule has 3 aromatic rings. The molecule has 0 aliphatic heterocycles. The molecule has 6 heteroatoms. The van der Waals surface area contributed by atoms with Crippen molar-refractivity contribution in [2.75, 3.05) is 5.32 Å². The maximum absolute atomic E-state index is 12.4. The minimum absolute atomic E-state index is 0.225. The molecule has 0 saturated carbocycles. The van der Waals surface area contributed by atoms with Gasteiger partial charge in [0.05, 0.1) is 20.6 Å². The molecule has 0 fully saturated rings. The van der Waals surface area contributed by atoms with Crippen LogP contribution in [0.15, 0.2) is 47.8 Å². The van der Waals surface area contributed by atoms with Crippen molar-refractivity contribution in [2.24, 2.45) is 0 Å². The molecular weight excluding hydrogens is 389 g/mol. The average Bonchev–Trinajstić information content (AvgIpc) is 3.07. The zero-order valence-corrected chi connectivity index (χ0v) is 16.6. The Bertz CT molecular complexity index is 953. The van der Waals surface area contributed by atoms with E-state index in [0.717, 1.165) is 16.9 Å². The van der Waals surface area contributed by atoms with Gasteiger partial charge in [-0.25, -0.2) is 0 Å². The van der Waals surface area contributed by atoms with Crippen molar-refractivity contribution in [3.63, 3.8) is 0 Å². The van der Waals surface area contributed by atoms with Gasteiger partial charge in [-0.1, -0.05) is 47.0 Å². The lowest BCUT2D eigenvalue weighted by Gasteiger charge is -2.08. The zero-order valence-electron chi connectivity index (χ0n) is 14.3. The van der Waals surface area contributed by atoms with Gasteiger partial charge >= 0.3 is 0 Å². The fourth-order valence-electron chi connectivity index (χ4n) is 2.48. The second-order valence-electron chi connectivity index (χ2n) is 5.93. The van der Waals surface area contributed by atoms with Crippen LogP contribution in [0.2, 0.25) is 10.0 Å². The van der Waals surface area contributed by atoms with Crippen LogP contribution in [0.3, 0.4) is 0 Å². The summed E-state index contributed by atoms with van der Waals surface area (Å²) < 4.78 is 5.86. The molecule has 2 aromatic carbocycles. The van der Waals surface area contributed by atoms with E-state index >= 15 is 0 Å². The molecule has 26 heavy (non-hydrogen) atoms. The highest BCUT2D eigenvalue weighted by Gasteiger charge is 2.13. The SMILES string of the molecule is Cc1ccc(OCc2csc(C(=O)Nc3cccc(Cl)c3Cl)c2)c(C)c1. The molecule has 0 unspecified atom stereocenters. The first-order valence-corrected chi connectivity index (χ1v) is 9.60. The quantitative estimate of drug-likeness (QED) is 0.525. The molecule has 0 atom stereocenters. The molecule has 1 N–H and O–H groups in total. The second-order valence-corrected chi connectivity index (χ2v) is 7.63. The highest BCUT2D eigenvalue weighted by Crippen LogP contribution is 2.30. The van der Waals surface area contributed by atoms with Gasteiger partial charge in [-0.2, -0.15) is 0 Å². The summed E-state index contributed by atoms with van der Waals surface area (Å²) in [7, 11) is 0. The van der Waals surface area contributed by atoms with Crippen LogP contribution in [-0.4, -0.2) is 5.91 Å². The van der Waals surface area contributed by atoms with Gasteiger partial charge in [-0.3, -0.25) is 4.79 Å². The first-order valence-electron chi connectivity index (χ1n) is 7.97. The molecule has 0 bridgehead atoms. The molecule has 0 aliphatic rings. The number of aryl methyl sites for hydroxylation is 2. The van der Waals surface area contributed by atoms with Crippen LogP contribution in [-0.2, 0) is 6.61 Å². The van der Waals surface area contributed by atoms with Crippen molar-refractivity contribution in [3.05, 3.63) is 79.5 Å². The summed E-state index contributed by atoms with van der Waals surface area (Å²) in [5.41, 5.74) is 3.72. The molecule has 0 radical (unpaired) electrons. The van der Waals surface area contributed by atoms with E-state index in [-0.39, 0.29) is 5.91 Å². The van der Waals surface area contributed by atoms with Crippen LogP contribution < -0.4 is 10.1 Å². The molecule has 134 valence electrons. The van der Waals surface area contributed by atoms with Crippen LogP contribution in [0.1, 0.15) is 26.4 Å². The lowest BCUT2D eigenvalue weighted by Crippen LogP contribution is -2.10. The van der Waals surface area contributed by atoms with E-state index in [2.05, 4.69) is 11.4 Å². The monoisotopic (exact) mass is 405 g/mol. The van der Waals surface area contributed by atoms with Gasteiger partial charge in [0.2, 0.25) is 0 Å². The number of anilines is 1. The molecule has 1 amide bonds. The predicted octanol–water partition coefficient (Wildman–Crippen LogP) is 6.50. The number of nitrogens with one attached hydrogen (secondary N) is 1. The number of hydrogen-bond donors (Lipinski definition) is 1. The van der Waals surface area contributed by atoms with Crippen molar-refractivity contribution in [3.8, 4) is 5.75 Å². The van der Waals surface area contributed by atoms with E-state index in [1.165, 1.54) is 16.9 Å². The highest BCUT2D eigenvalue weighted by atomic mass is 35.5. The largest absolute Gasteiger partial charge is 0.489 e. The number of carbonyl (C=O) groups is 1.